The highest BCUT2D eigenvalue weighted by Gasteiger charge is 2.00. The van der Waals surface area contributed by atoms with Crippen LogP contribution in [0.3, 0.4) is 0 Å². The summed E-state index contributed by atoms with van der Waals surface area (Å²) in [5, 5.41) is 0. The zero-order valence-corrected chi connectivity index (χ0v) is 11.9. The average molecular weight is 340 g/mol. The first-order chi connectivity index (χ1) is 8.15. The molecule has 1 aromatic carbocycles. The first kappa shape index (κ1) is 12.2. The van der Waals surface area contributed by atoms with E-state index in [0.717, 1.165) is 17.3 Å². The minimum atomic E-state index is 0.757. The van der Waals surface area contributed by atoms with Crippen molar-refractivity contribution in [1.29, 1.82) is 0 Å². The molecule has 1 heterocycles. The molecule has 0 radical (unpaired) electrons. The highest BCUT2D eigenvalue weighted by molar-refractivity contribution is 14.1. The molecule has 0 atom stereocenters. The number of rotatable bonds is 3. The zero-order chi connectivity index (χ0) is 12.3. The Morgan fingerprint density at radius 2 is 1.82 bits per heavy atom. The van der Waals surface area contributed by atoms with Gasteiger partial charge in [0, 0.05) is 23.7 Å². The lowest BCUT2D eigenvalue weighted by Crippen LogP contribution is -2.06. The van der Waals surface area contributed by atoms with Crippen molar-refractivity contribution in [2.75, 3.05) is 19.0 Å². The minimum Gasteiger partial charge on any atom is -0.440 e. The van der Waals surface area contributed by atoms with Crippen molar-refractivity contribution in [3.8, 4) is 0 Å². The Hall–Kier alpha value is -1.30. The fourth-order valence-corrected chi connectivity index (χ4v) is 1.68. The second-order valence-electron chi connectivity index (χ2n) is 3.81. The van der Waals surface area contributed by atoms with Gasteiger partial charge in [0.2, 0.25) is 0 Å². The molecule has 0 aliphatic heterocycles. The van der Waals surface area contributed by atoms with Gasteiger partial charge in [-0.05, 0) is 52.9 Å². The van der Waals surface area contributed by atoms with E-state index in [-0.39, 0.29) is 0 Å². The van der Waals surface area contributed by atoms with Gasteiger partial charge in [-0.15, -0.1) is 0 Å². The molecule has 0 saturated carbocycles. The number of anilines is 1. The molecule has 3 nitrogen and oxygen atoms in total. The van der Waals surface area contributed by atoms with Gasteiger partial charge in [0.25, 0.3) is 0 Å². The molecular weight excluding hydrogens is 327 g/mol. The molecule has 0 unspecified atom stereocenters. The molecule has 0 spiro atoms. The molecule has 88 valence electrons. The second-order valence-corrected chi connectivity index (χ2v) is 5.05. The van der Waals surface area contributed by atoms with Crippen LogP contribution in [0.25, 0.3) is 0 Å². The van der Waals surface area contributed by atoms with Gasteiger partial charge in [-0.1, -0.05) is 0 Å². The maximum atomic E-state index is 5.57. The highest BCUT2D eigenvalue weighted by atomic mass is 127. The van der Waals surface area contributed by atoms with E-state index < -0.39 is 0 Å². The van der Waals surface area contributed by atoms with Crippen molar-refractivity contribution in [1.82, 2.24) is 0 Å². The molecular formula is C13H13IN2O. The van der Waals surface area contributed by atoms with Gasteiger partial charge in [0.15, 0.2) is 5.88 Å². The van der Waals surface area contributed by atoms with E-state index in [0.29, 0.717) is 0 Å². The monoisotopic (exact) mass is 340 g/mol. The lowest BCUT2D eigenvalue weighted by atomic mass is 10.3. The summed E-state index contributed by atoms with van der Waals surface area (Å²) in [6.07, 6.45) is 1.73. The normalized spacial score (nSPS) is 11.0. The van der Waals surface area contributed by atoms with E-state index in [1.165, 1.54) is 3.57 Å². The Balaban J connectivity index is 2.11. The van der Waals surface area contributed by atoms with Crippen LogP contribution in [0.1, 0.15) is 5.76 Å². The summed E-state index contributed by atoms with van der Waals surface area (Å²) in [7, 11) is 3.89. The van der Waals surface area contributed by atoms with E-state index in [9.17, 15) is 0 Å². The van der Waals surface area contributed by atoms with Crippen LogP contribution in [0.15, 0.2) is 45.8 Å². The van der Waals surface area contributed by atoms with E-state index in [1.54, 1.807) is 6.21 Å². The summed E-state index contributed by atoms with van der Waals surface area (Å²) in [5.74, 6) is 1.58. The molecule has 0 saturated heterocycles. The quantitative estimate of drug-likeness (QED) is 0.630. The first-order valence-electron chi connectivity index (χ1n) is 5.22. The number of nitrogens with zero attached hydrogens (tertiary/aromatic N) is 2. The van der Waals surface area contributed by atoms with Gasteiger partial charge in [0.05, 0.1) is 11.9 Å². The molecule has 2 aromatic rings. The number of hydrogen-bond acceptors (Lipinski definition) is 3. The molecule has 0 fully saturated rings. The molecule has 0 bridgehead atoms. The summed E-state index contributed by atoms with van der Waals surface area (Å²) < 4.78 is 6.77. The Morgan fingerprint density at radius 1 is 1.12 bits per heavy atom. The largest absolute Gasteiger partial charge is 0.440 e. The lowest BCUT2D eigenvalue weighted by Gasteiger charge is -2.05. The van der Waals surface area contributed by atoms with E-state index in [2.05, 4.69) is 27.6 Å². The van der Waals surface area contributed by atoms with Gasteiger partial charge in [-0.25, -0.2) is 0 Å². The molecule has 1 aromatic heterocycles. The van der Waals surface area contributed by atoms with Crippen LogP contribution in [0.5, 0.6) is 0 Å². The second kappa shape index (κ2) is 5.35. The molecule has 0 aliphatic carbocycles. The maximum absolute atomic E-state index is 5.57. The summed E-state index contributed by atoms with van der Waals surface area (Å²) in [6.45, 7) is 0. The highest BCUT2D eigenvalue weighted by Crippen LogP contribution is 2.17. The Morgan fingerprint density at radius 3 is 2.41 bits per heavy atom. The van der Waals surface area contributed by atoms with Gasteiger partial charge >= 0.3 is 0 Å². The van der Waals surface area contributed by atoms with E-state index >= 15 is 0 Å². The van der Waals surface area contributed by atoms with Crippen LogP contribution in [0.4, 0.5) is 11.6 Å². The number of hydrogen-bond donors (Lipinski definition) is 0. The van der Waals surface area contributed by atoms with Crippen molar-refractivity contribution >= 4 is 40.4 Å². The predicted molar refractivity (Wildman–Crippen MR) is 79.4 cm³/mol. The summed E-state index contributed by atoms with van der Waals surface area (Å²) in [6, 6.07) is 11.9. The Bertz CT molecular complexity index is 514. The topological polar surface area (TPSA) is 28.7 Å². The van der Waals surface area contributed by atoms with Crippen LogP contribution in [-0.2, 0) is 0 Å². The first-order valence-corrected chi connectivity index (χ1v) is 6.30. The number of benzene rings is 1. The molecule has 17 heavy (non-hydrogen) atoms. The third-order valence-electron chi connectivity index (χ3n) is 2.22. The Kier molecular flexibility index (Phi) is 3.83. The van der Waals surface area contributed by atoms with Gasteiger partial charge in [-0.2, -0.15) is 0 Å². The summed E-state index contributed by atoms with van der Waals surface area (Å²) in [5.41, 5.74) is 0.924. The van der Waals surface area contributed by atoms with Crippen molar-refractivity contribution in [3.05, 3.63) is 45.7 Å². The van der Waals surface area contributed by atoms with Crippen molar-refractivity contribution in [3.63, 3.8) is 0 Å². The Labute approximate surface area is 114 Å². The standard InChI is InChI=1S/C13H13IN2O/c1-16(2)13-8-7-12(17-13)9-15-11-5-3-10(14)4-6-11/h3-9H,1-2H3. The fraction of sp³-hybridized carbons (Fsp3) is 0.154. The fourth-order valence-electron chi connectivity index (χ4n) is 1.32. The van der Waals surface area contributed by atoms with E-state index in [4.69, 9.17) is 4.42 Å². The van der Waals surface area contributed by atoms with Crippen LogP contribution >= 0.6 is 22.6 Å². The van der Waals surface area contributed by atoms with Crippen LogP contribution in [0.2, 0.25) is 0 Å². The minimum absolute atomic E-state index is 0.757. The van der Waals surface area contributed by atoms with Crippen LogP contribution in [0, 0.1) is 3.57 Å². The number of halogens is 1. The van der Waals surface area contributed by atoms with Gasteiger partial charge in [0.1, 0.15) is 5.76 Å². The number of furan rings is 1. The smallest absolute Gasteiger partial charge is 0.195 e. The molecule has 0 aliphatic rings. The van der Waals surface area contributed by atoms with Crippen molar-refractivity contribution in [2.45, 2.75) is 0 Å². The van der Waals surface area contributed by atoms with Gasteiger partial charge in [-0.3, -0.25) is 4.99 Å². The number of aliphatic imine (C=N–C) groups is 1. The molecule has 0 N–H and O–H groups in total. The van der Waals surface area contributed by atoms with E-state index in [1.807, 2.05) is 55.4 Å². The summed E-state index contributed by atoms with van der Waals surface area (Å²) >= 11 is 2.27. The van der Waals surface area contributed by atoms with Crippen LogP contribution < -0.4 is 4.90 Å². The van der Waals surface area contributed by atoms with Crippen LogP contribution in [-0.4, -0.2) is 20.3 Å². The van der Waals surface area contributed by atoms with Gasteiger partial charge < -0.3 is 9.32 Å². The SMILES string of the molecule is CN(C)c1ccc(C=Nc2ccc(I)cc2)o1. The predicted octanol–water partition coefficient (Wildman–Crippen LogP) is 3.70. The maximum Gasteiger partial charge on any atom is 0.195 e. The van der Waals surface area contributed by atoms with Crippen molar-refractivity contribution in [2.24, 2.45) is 4.99 Å². The molecule has 0 amide bonds. The summed E-state index contributed by atoms with van der Waals surface area (Å²) in [4.78, 5) is 6.27. The zero-order valence-electron chi connectivity index (χ0n) is 9.72. The lowest BCUT2D eigenvalue weighted by molar-refractivity contribution is 0.558. The third kappa shape index (κ3) is 3.33. The average Bonchev–Trinajstić information content (AvgIpc) is 2.77. The molecule has 4 heteroatoms. The molecule has 2 rings (SSSR count). The third-order valence-corrected chi connectivity index (χ3v) is 2.94. The van der Waals surface area contributed by atoms with Crippen molar-refractivity contribution < 1.29 is 4.42 Å².